The molecule has 2 aromatic carbocycles. The molecule has 0 atom stereocenters. The number of nitrogens with one attached hydrogen (secondary N) is 1. The zero-order chi connectivity index (χ0) is 26.1. The average Bonchev–Trinajstić information content (AvgIpc) is 2.77. The molecule has 0 amide bonds. The highest BCUT2D eigenvalue weighted by Gasteiger charge is 2.29. The van der Waals surface area contributed by atoms with E-state index in [4.69, 9.17) is 14.9 Å². The van der Waals surface area contributed by atoms with Crippen molar-refractivity contribution in [3.8, 4) is 0 Å². The lowest BCUT2D eigenvalue weighted by atomic mass is 10.1. The van der Waals surface area contributed by atoms with Gasteiger partial charge in [0.15, 0.2) is 0 Å². The summed E-state index contributed by atoms with van der Waals surface area (Å²) < 4.78 is 12.9. The second-order valence-corrected chi connectivity index (χ2v) is 12.3. The van der Waals surface area contributed by atoms with Crippen LogP contribution in [0.15, 0.2) is 35.8 Å². The largest absolute Gasteiger partial charge is 0.478 e. The Kier molecular flexibility index (Phi) is 11.3. The van der Waals surface area contributed by atoms with E-state index in [1.54, 1.807) is 0 Å². The van der Waals surface area contributed by atoms with Gasteiger partial charge in [-0.05, 0) is 127 Å². The van der Waals surface area contributed by atoms with Crippen molar-refractivity contribution in [2.75, 3.05) is 13.2 Å². The summed E-state index contributed by atoms with van der Waals surface area (Å²) >= 11 is 25.8. The fraction of sp³-hybridized carbons (Fsp3) is 0.111. The first kappa shape index (κ1) is 30.4. The van der Waals surface area contributed by atoms with Crippen LogP contribution in [-0.4, -0.2) is 47.2 Å². The van der Waals surface area contributed by atoms with Crippen molar-refractivity contribution in [1.29, 1.82) is 5.41 Å². The number of hydrogen-bond acceptors (Lipinski definition) is 6. The highest BCUT2D eigenvalue weighted by molar-refractivity contribution is 9.15. The predicted octanol–water partition coefficient (Wildman–Crippen LogP) is 8.38. The molecule has 0 aliphatic carbocycles. The monoisotopic (exact) mass is 980 g/mol. The maximum absolute atomic E-state index is 12.7. The van der Waals surface area contributed by atoms with E-state index in [1.807, 2.05) is 0 Å². The summed E-state index contributed by atoms with van der Waals surface area (Å²) in [6, 6.07) is 0. The minimum Gasteiger partial charge on any atom is -0.478 e. The summed E-state index contributed by atoms with van der Waals surface area (Å²) in [6.45, 7) is -0.656. The molecule has 16 heteroatoms. The maximum Gasteiger partial charge on any atom is 0.340 e. The summed E-state index contributed by atoms with van der Waals surface area (Å²) in [5, 5.41) is 27.4. The zero-order valence-corrected chi connectivity index (χ0v) is 28.6. The van der Waals surface area contributed by atoms with Gasteiger partial charge in [-0.3, -0.25) is 5.41 Å². The topological polar surface area (TPSA) is 134 Å². The number of ether oxygens (including phenoxy) is 2. The SMILES string of the molecule is N=C(OCCOC(=O)c1c(Br)c(Br)c(Br)c(Br)c1C(=O)O)c1c(Br)c(Br)c(Br)c(Br)c1C(=O)O. The summed E-state index contributed by atoms with van der Waals surface area (Å²) in [5.74, 6) is -4.10. The number of carboxylic acids is 2. The quantitative estimate of drug-likeness (QED) is 0.0634. The first-order chi connectivity index (χ1) is 15.7. The third-order valence-electron chi connectivity index (χ3n) is 3.96. The van der Waals surface area contributed by atoms with Crippen LogP contribution in [0.3, 0.4) is 0 Å². The molecule has 0 saturated carbocycles. The minimum atomic E-state index is -1.36. The Morgan fingerprint density at radius 3 is 1.29 bits per heavy atom. The predicted molar refractivity (Wildman–Crippen MR) is 151 cm³/mol. The molecule has 182 valence electrons. The molecule has 0 aliphatic rings. The van der Waals surface area contributed by atoms with Crippen molar-refractivity contribution in [3.05, 3.63) is 58.0 Å². The van der Waals surface area contributed by atoms with E-state index in [0.717, 1.165) is 0 Å². The number of carboxylic acid groups (broad SMARTS) is 2. The summed E-state index contributed by atoms with van der Waals surface area (Å²) in [5.41, 5.74) is -0.817. The van der Waals surface area contributed by atoms with E-state index in [1.165, 1.54) is 0 Å². The zero-order valence-electron chi connectivity index (χ0n) is 15.9. The minimum absolute atomic E-state index is 0.0440. The van der Waals surface area contributed by atoms with Gasteiger partial charge in [0.05, 0.1) is 22.3 Å². The Labute approximate surface area is 259 Å². The Morgan fingerprint density at radius 1 is 0.559 bits per heavy atom. The number of aromatic carboxylic acids is 2. The Bertz CT molecular complexity index is 1150. The number of hydrogen-bond donors (Lipinski definition) is 3. The summed E-state index contributed by atoms with van der Waals surface area (Å²) in [6.07, 6.45) is 0. The van der Waals surface area contributed by atoms with Gasteiger partial charge in [0, 0.05) is 35.8 Å². The van der Waals surface area contributed by atoms with Crippen LogP contribution >= 0.6 is 127 Å². The van der Waals surface area contributed by atoms with Gasteiger partial charge in [-0.15, -0.1) is 0 Å². The van der Waals surface area contributed by atoms with Crippen molar-refractivity contribution < 1.29 is 34.1 Å². The number of esters is 1. The molecule has 3 N–H and O–H groups in total. The summed E-state index contributed by atoms with van der Waals surface area (Å²) in [4.78, 5) is 36.2. The first-order valence-corrected chi connectivity index (χ1v) is 14.7. The Hall–Kier alpha value is 0.160. The Balaban J connectivity index is 2.23. The third-order valence-corrected chi connectivity index (χ3v) is 13.5. The lowest BCUT2D eigenvalue weighted by Gasteiger charge is -2.16. The molecular weight excluding hydrogens is 981 g/mol. The van der Waals surface area contributed by atoms with Gasteiger partial charge in [0.1, 0.15) is 13.2 Å². The molecule has 0 unspecified atom stereocenters. The fourth-order valence-corrected chi connectivity index (χ4v) is 7.41. The highest BCUT2D eigenvalue weighted by Crippen LogP contribution is 2.43. The van der Waals surface area contributed by atoms with Crippen LogP contribution in [-0.2, 0) is 9.47 Å². The van der Waals surface area contributed by atoms with Gasteiger partial charge in [-0.1, -0.05) is 0 Å². The molecule has 0 radical (unpaired) electrons. The lowest BCUT2D eigenvalue weighted by Crippen LogP contribution is -2.19. The van der Waals surface area contributed by atoms with Gasteiger partial charge >= 0.3 is 17.9 Å². The molecule has 0 aliphatic heterocycles. The molecule has 0 aromatic heterocycles. The van der Waals surface area contributed by atoms with Crippen LogP contribution in [0.5, 0.6) is 0 Å². The second-order valence-electron chi connectivity index (χ2n) is 5.94. The molecule has 0 saturated heterocycles. The number of rotatable bonds is 7. The van der Waals surface area contributed by atoms with E-state index >= 15 is 0 Å². The van der Waals surface area contributed by atoms with Crippen LogP contribution in [0.1, 0.15) is 36.6 Å². The molecule has 0 spiro atoms. The molecule has 0 bridgehead atoms. The normalized spacial score (nSPS) is 10.7. The smallest absolute Gasteiger partial charge is 0.340 e. The molecule has 2 aromatic rings. The van der Waals surface area contributed by atoms with Crippen LogP contribution in [0.2, 0.25) is 0 Å². The van der Waals surface area contributed by atoms with Crippen LogP contribution in [0.25, 0.3) is 0 Å². The van der Waals surface area contributed by atoms with Crippen molar-refractivity contribution >= 4 is 151 Å². The molecule has 0 heterocycles. The van der Waals surface area contributed by atoms with E-state index in [9.17, 15) is 24.6 Å². The van der Waals surface area contributed by atoms with Gasteiger partial charge < -0.3 is 19.7 Å². The Morgan fingerprint density at radius 2 is 0.882 bits per heavy atom. The lowest BCUT2D eigenvalue weighted by molar-refractivity contribution is 0.0433. The number of benzene rings is 2. The van der Waals surface area contributed by atoms with Crippen LogP contribution in [0, 0.1) is 5.41 Å². The average molecular weight is 988 g/mol. The highest BCUT2D eigenvalue weighted by atomic mass is 79.9. The van der Waals surface area contributed by atoms with E-state index in [2.05, 4.69) is 127 Å². The van der Waals surface area contributed by atoms with Crippen molar-refractivity contribution in [2.45, 2.75) is 0 Å². The van der Waals surface area contributed by atoms with E-state index < -0.39 is 23.8 Å². The summed E-state index contributed by atoms with van der Waals surface area (Å²) in [7, 11) is 0. The number of halogens is 8. The van der Waals surface area contributed by atoms with Crippen LogP contribution in [0.4, 0.5) is 0 Å². The van der Waals surface area contributed by atoms with Gasteiger partial charge in [0.2, 0.25) is 5.90 Å². The molecule has 0 fully saturated rings. The molecule has 34 heavy (non-hydrogen) atoms. The van der Waals surface area contributed by atoms with Crippen molar-refractivity contribution in [1.82, 2.24) is 0 Å². The molecular formula is C18H7Br8NO7. The second kappa shape index (κ2) is 12.6. The van der Waals surface area contributed by atoms with Gasteiger partial charge in [-0.2, -0.15) is 0 Å². The molecule has 2 rings (SSSR count). The van der Waals surface area contributed by atoms with Gasteiger partial charge in [0.25, 0.3) is 0 Å². The standard InChI is InChI=1S/C18H7Br8NO7/c19-7-3(4(16(28)29)8(20)12(24)11(7)23)15(27)33-1-2-34-18(32)6-5(17(30)31)9(21)13(25)14(26)10(6)22/h27H,1-2H2,(H,28,29)(H,30,31). The van der Waals surface area contributed by atoms with Crippen molar-refractivity contribution in [2.24, 2.45) is 0 Å². The number of carbonyl (C=O) groups is 3. The van der Waals surface area contributed by atoms with Crippen molar-refractivity contribution in [3.63, 3.8) is 0 Å². The van der Waals surface area contributed by atoms with E-state index in [-0.39, 0.29) is 53.4 Å². The maximum atomic E-state index is 12.7. The first-order valence-electron chi connectivity index (χ1n) is 8.31. The van der Waals surface area contributed by atoms with E-state index in [0.29, 0.717) is 17.9 Å². The van der Waals surface area contributed by atoms with Crippen LogP contribution < -0.4 is 0 Å². The fourth-order valence-electron chi connectivity index (χ4n) is 2.49. The number of carbonyl (C=O) groups excluding carboxylic acids is 1. The van der Waals surface area contributed by atoms with Gasteiger partial charge in [-0.25, -0.2) is 14.4 Å². The molecule has 8 nitrogen and oxygen atoms in total. The third kappa shape index (κ3) is 6.17.